The first-order valence-electron chi connectivity index (χ1n) is 10.3. The van der Waals surface area contributed by atoms with E-state index in [2.05, 4.69) is 15.4 Å². The van der Waals surface area contributed by atoms with Gasteiger partial charge in [-0.1, -0.05) is 23.4 Å². The van der Waals surface area contributed by atoms with Gasteiger partial charge in [0.05, 0.1) is 22.8 Å². The van der Waals surface area contributed by atoms with Crippen molar-refractivity contribution in [1.82, 2.24) is 19.3 Å². The van der Waals surface area contributed by atoms with Gasteiger partial charge in [0.2, 0.25) is 5.91 Å². The molecule has 0 spiro atoms. The van der Waals surface area contributed by atoms with Crippen LogP contribution in [-0.4, -0.2) is 35.9 Å². The molecule has 0 aliphatic carbocycles. The SMILES string of the molecule is Cc1cc([N+](=O)[O-])ccc1NC(=O)CC1CSc2nc3c(cnn3-c3ccc(Cl)cc3)c(=O)n21. The molecule has 1 unspecified atom stereocenters. The number of nitro groups is 1. The van der Waals surface area contributed by atoms with Crippen molar-refractivity contribution in [3.05, 3.63) is 79.7 Å². The molecule has 0 saturated carbocycles. The molecular formula is C22H17ClN6O4S. The number of hydrogen-bond acceptors (Lipinski definition) is 7. The molecule has 34 heavy (non-hydrogen) atoms. The van der Waals surface area contributed by atoms with E-state index < -0.39 is 4.92 Å². The van der Waals surface area contributed by atoms with E-state index in [1.165, 1.54) is 36.2 Å². The first-order chi connectivity index (χ1) is 16.3. The van der Waals surface area contributed by atoms with Gasteiger partial charge in [-0.3, -0.25) is 24.3 Å². The summed E-state index contributed by atoms with van der Waals surface area (Å²) in [6.45, 7) is 1.69. The maximum absolute atomic E-state index is 13.3. The highest BCUT2D eigenvalue weighted by molar-refractivity contribution is 7.99. The molecule has 1 aliphatic heterocycles. The van der Waals surface area contributed by atoms with Crippen LogP contribution in [0.3, 0.4) is 0 Å². The minimum Gasteiger partial charge on any atom is -0.326 e. The molecule has 10 nitrogen and oxygen atoms in total. The van der Waals surface area contributed by atoms with Crippen molar-refractivity contribution in [2.24, 2.45) is 0 Å². The number of halogens is 1. The van der Waals surface area contributed by atoms with E-state index in [4.69, 9.17) is 11.6 Å². The number of hydrogen-bond donors (Lipinski definition) is 1. The number of thioether (sulfide) groups is 1. The maximum Gasteiger partial charge on any atom is 0.269 e. The Morgan fingerprint density at radius 3 is 2.76 bits per heavy atom. The van der Waals surface area contributed by atoms with Crippen molar-refractivity contribution in [1.29, 1.82) is 0 Å². The summed E-state index contributed by atoms with van der Waals surface area (Å²) in [7, 11) is 0. The molecule has 0 radical (unpaired) electrons. The molecular weight excluding hydrogens is 480 g/mol. The van der Waals surface area contributed by atoms with Crippen molar-refractivity contribution in [3.63, 3.8) is 0 Å². The minimum absolute atomic E-state index is 0.0441. The van der Waals surface area contributed by atoms with Crippen LogP contribution in [0.25, 0.3) is 16.7 Å². The number of carbonyl (C=O) groups is 1. The molecule has 3 heterocycles. The van der Waals surface area contributed by atoms with Gasteiger partial charge in [-0.2, -0.15) is 5.10 Å². The van der Waals surface area contributed by atoms with E-state index in [-0.39, 0.29) is 29.6 Å². The highest BCUT2D eigenvalue weighted by Gasteiger charge is 2.29. The zero-order valence-corrected chi connectivity index (χ0v) is 19.3. The van der Waals surface area contributed by atoms with Crippen LogP contribution in [0.4, 0.5) is 11.4 Å². The molecule has 1 atom stereocenters. The van der Waals surface area contributed by atoms with Gasteiger partial charge >= 0.3 is 0 Å². The molecule has 5 rings (SSSR count). The molecule has 12 heteroatoms. The Hall–Kier alpha value is -3.70. The van der Waals surface area contributed by atoms with Crippen molar-refractivity contribution in [3.8, 4) is 5.69 Å². The summed E-state index contributed by atoms with van der Waals surface area (Å²) in [6, 6.07) is 10.9. The smallest absolute Gasteiger partial charge is 0.269 e. The maximum atomic E-state index is 13.3. The van der Waals surface area contributed by atoms with Gasteiger partial charge < -0.3 is 5.32 Å². The lowest BCUT2D eigenvalue weighted by Gasteiger charge is -2.14. The van der Waals surface area contributed by atoms with Gasteiger partial charge in [-0.15, -0.1) is 0 Å². The number of aryl methyl sites for hydroxylation is 1. The third-order valence-corrected chi connectivity index (χ3v) is 6.91. The van der Waals surface area contributed by atoms with Crippen LogP contribution in [0.2, 0.25) is 5.02 Å². The second kappa shape index (κ2) is 8.58. The average molecular weight is 497 g/mol. The van der Waals surface area contributed by atoms with Gasteiger partial charge in [-0.25, -0.2) is 9.67 Å². The first-order valence-corrected chi connectivity index (χ1v) is 11.6. The van der Waals surface area contributed by atoms with E-state index in [1.807, 2.05) is 0 Å². The third-order valence-electron chi connectivity index (χ3n) is 5.56. The quantitative estimate of drug-likeness (QED) is 0.250. The lowest BCUT2D eigenvalue weighted by molar-refractivity contribution is -0.384. The van der Waals surface area contributed by atoms with E-state index in [9.17, 15) is 19.7 Å². The number of aromatic nitrogens is 4. The summed E-state index contributed by atoms with van der Waals surface area (Å²) in [5.74, 6) is 0.231. The standard InChI is InChI=1S/C22H17ClN6O4S/c1-12-8-15(29(32)33)6-7-18(12)25-19(30)9-16-11-34-22-26-20-17(21(31)27(16)22)10-24-28(20)14-4-2-13(23)3-5-14/h2-8,10,16H,9,11H2,1H3,(H,25,30). The number of non-ortho nitro benzene ring substituents is 1. The zero-order chi connectivity index (χ0) is 24.0. The van der Waals surface area contributed by atoms with Gasteiger partial charge in [0.25, 0.3) is 11.2 Å². The van der Waals surface area contributed by atoms with Gasteiger partial charge in [0.1, 0.15) is 5.39 Å². The highest BCUT2D eigenvalue weighted by Crippen LogP contribution is 2.34. The highest BCUT2D eigenvalue weighted by atomic mass is 35.5. The molecule has 1 N–H and O–H groups in total. The number of nitrogens with zero attached hydrogens (tertiary/aromatic N) is 5. The monoisotopic (exact) mass is 496 g/mol. The summed E-state index contributed by atoms with van der Waals surface area (Å²) in [5, 5.41) is 19.5. The van der Waals surface area contributed by atoms with E-state index in [1.54, 1.807) is 40.4 Å². The van der Waals surface area contributed by atoms with Gasteiger partial charge in [0, 0.05) is 35.0 Å². The lowest BCUT2D eigenvalue weighted by atomic mass is 10.1. The van der Waals surface area contributed by atoms with Crippen molar-refractivity contribution < 1.29 is 9.72 Å². The Morgan fingerprint density at radius 2 is 2.06 bits per heavy atom. The number of anilines is 1. The number of amides is 1. The van der Waals surface area contributed by atoms with Crippen LogP contribution >= 0.6 is 23.4 Å². The molecule has 2 aromatic carbocycles. The van der Waals surface area contributed by atoms with Crippen molar-refractivity contribution in [2.75, 3.05) is 11.1 Å². The fraction of sp³-hybridized carbons (Fsp3) is 0.182. The normalized spacial score (nSPS) is 14.8. The van der Waals surface area contributed by atoms with Crippen molar-refractivity contribution >= 4 is 51.7 Å². The van der Waals surface area contributed by atoms with Gasteiger partial charge in [0.15, 0.2) is 10.8 Å². The topological polar surface area (TPSA) is 125 Å². The Labute approximate surface area is 201 Å². The summed E-state index contributed by atoms with van der Waals surface area (Å²) in [4.78, 5) is 41.1. The third kappa shape index (κ3) is 3.93. The summed E-state index contributed by atoms with van der Waals surface area (Å²) in [5.41, 5.74) is 1.95. The first kappa shape index (κ1) is 22.1. The van der Waals surface area contributed by atoms with Crippen LogP contribution in [0.5, 0.6) is 0 Å². The van der Waals surface area contributed by atoms with Crippen LogP contribution < -0.4 is 10.9 Å². The molecule has 0 saturated heterocycles. The largest absolute Gasteiger partial charge is 0.326 e. The van der Waals surface area contributed by atoms with Crippen molar-refractivity contribution in [2.45, 2.75) is 24.5 Å². The number of carbonyl (C=O) groups excluding carboxylic acids is 1. The summed E-state index contributed by atoms with van der Waals surface area (Å²) in [6.07, 6.45) is 1.54. The molecule has 0 bridgehead atoms. The zero-order valence-electron chi connectivity index (χ0n) is 17.8. The number of fused-ring (bicyclic) bond motifs is 2. The van der Waals surface area contributed by atoms with Crippen LogP contribution in [0.1, 0.15) is 18.0 Å². The number of rotatable bonds is 5. The molecule has 4 aromatic rings. The Balaban J connectivity index is 1.40. The average Bonchev–Trinajstić information content (AvgIpc) is 3.40. The van der Waals surface area contributed by atoms with Crippen LogP contribution in [0.15, 0.2) is 58.6 Å². The fourth-order valence-corrected chi connectivity index (χ4v) is 5.13. The second-order valence-electron chi connectivity index (χ2n) is 7.81. The second-order valence-corrected chi connectivity index (χ2v) is 9.24. The molecule has 1 amide bonds. The van der Waals surface area contributed by atoms with E-state index in [0.717, 1.165) is 5.69 Å². The van der Waals surface area contributed by atoms with E-state index in [0.29, 0.717) is 38.2 Å². The number of benzene rings is 2. The number of nitro benzene ring substituents is 1. The summed E-state index contributed by atoms with van der Waals surface area (Å²) >= 11 is 7.37. The Kier molecular flexibility index (Phi) is 5.58. The van der Waals surface area contributed by atoms with E-state index >= 15 is 0 Å². The Bertz CT molecular complexity index is 1510. The minimum atomic E-state index is -0.486. The molecule has 172 valence electrons. The summed E-state index contributed by atoms with van der Waals surface area (Å²) < 4.78 is 3.13. The lowest BCUT2D eigenvalue weighted by Crippen LogP contribution is -2.27. The number of nitrogens with one attached hydrogen (secondary N) is 1. The Morgan fingerprint density at radius 1 is 1.29 bits per heavy atom. The predicted molar refractivity (Wildman–Crippen MR) is 129 cm³/mol. The predicted octanol–water partition coefficient (Wildman–Crippen LogP) is 4.13. The molecule has 0 fully saturated rings. The van der Waals surface area contributed by atoms with Gasteiger partial charge in [-0.05, 0) is 42.8 Å². The fourth-order valence-electron chi connectivity index (χ4n) is 3.87. The van der Waals surface area contributed by atoms with Crippen LogP contribution in [0, 0.1) is 17.0 Å². The molecule has 1 aliphatic rings. The molecule has 2 aromatic heterocycles. The van der Waals surface area contributed by atoms with Crippen LogP contribution in [-0.2, 0) is 4.79 Å².